The summed E-state index contributed by atoms with van der Waals surface area (Å²) >= 11 is 0. The van der Waals surface area contributed by atoms with Crippen LogP contribution in [0.5, 0.6) is 0 Å². The second-order valence-corrected chi connectivity index (χ2v) is 5.91. The van der Waals surface area contributed by atoms with Gasteiger partial charge in [0.1, 0.15) is 6.07 Å². The van der Waals surface area contributed by atoms with Gasteiger partial charge < -0.3 is 19.7 Å². The fourth-order valence-corrected chi connectivity index (χ4v) is 2.94. The highest BCUT2D eigenvalue weighted by Gasteiger charge is 2.38. The Bertz CT molecular complexity index is 668. The van der Waals surface area contributed by atoms with E-state index in [2.05, 4.69) is 5.32 Å². The lowest BCUT2D eigenvalue weighted by atomic mass is 9.86. The molecule has 0 aliphatic carbocycles. The van der Waals surface area contributed by atoms with E-state index >= 15 is 0 Å². The molecule has 0 unspecified atom stereocenters. The van der Waals surface area contributed by atoms with Gasteiger partial charge in [0.05, 0.1) is 0 Å². The summed E-state index contributed by atoms with van der Waals surface area (Å²) in [6, 6.07) is 5.03. The van der Waals surface area contributed by atoms with Gasteiger partial charge in [-0.2, -0.15) is 18.4 Å². The molecule has 0 aromatic carbocycles. The van der Waals surface area contributed by atoms with Crippen molar-refractivity contribution in [3.05, 3.63) is 23.7 Å². The van der Waals surface area contributed by atoms with E-state index in [4.69, 9.17) is 19.6 Å². The number of fused-ring (bicyclic) bond motifs is 2. The van der Waals surface area contributed by atoms with E-state index in [9.17, 15) is 18.0 Å². The van der Waals surface area contributed by atoms with Crippen molar-refractivity contribution in [1.29, 1.82) is 5.26 Å². The van der Waals surface area contributed by atoms with Crippen molar-refractivity contribution in [2.45, 2.75) is 12.6 Å². The molecule has 3 heterocycles. The predicted octanol–water partition coefficient (Wildman–Crippen LogP) is 1.47. The standard InChI is InChI=1S/C13H15N3O2.C2HF3O2/c14-4-11-1-2-12(18-11)13(17)16-7-9-3-10(8-16)6-15-5-9;3-2(4,5)1(6)7/h1-2,9-10,15H,3,5-8H2;(H,6,7)/t9-,10+;. The number of rotatable bonds is 1. The van der Waals surface area contributed by atoms with Gasteiger partial charge in [-0.15, -0.1) is 0 Å². The highest BCUT2D eigenvalue weighted by atomic mass is 19.4. The monoisotopic (exact) mass is 359 g/mol. The molecule has 2 bridgehead atoms. The van der Waals surface area contributed by atoms with Crippen LogP contribution in [0.3, 0.4) is 0 Å². The summed E-state index contributed by atoms with van der Waals surface area (Å²) in [6.07, 6.45) is -3.88. The Morgan fingerprint density at radius 3 is 2.28 bits per heavy atom. The minimum absolute atomic E-state index is 0.0897. The summed E-state index contributed by atoms with van der Waals surface area (Å²) in [7, 11) is 0. The fourth-order valence-electron chi connectivity index (χ4n) is 2.94. The Labute approximate surface area is 141 Å². The third kappa shape index (κ3) is 4.96. The molecule has 0 spiro atoms. The molecule has 1 amide bonds. The van der Waals surface area contributed by atoms with Crippen molar-refractivity contribution in [3.8, 4) is 6.07 Å². The van der Waals surface area contributed by atoms with E-state index in [-0.39, 0.29) is 17.4 Å². The van der Waals surface area contributed by atoms with E-state index in [1.165, 1.54) is 6.42 Å². The number of carbonyl (C=O) groups is 2. The number of nitrogens with one attached hydrogen (secondary N) is 1. The van der Waals surface area contributed by atoms with Gasteiger partial charge in [0.25, 0.3) is 5.91 Å². The fraction of sp³-hybridized carbons (Fsp3) is 0.533. The van der Waals surface area contributed by atoms with Crippen LogP contribution in [0.4, 0.5) is 13.2 Å². The van der Waals surface area contributed by atoms with E-state index in [0.717, 1.165) is 26.2 Å². The van der Waals surface area contributed by atoms with E-state index in [0.29, 0.717) is 11.8 Å². The van der Waals surface area contributed by atoms with E-state index in [1.807, 2.05) is 11.0 Å². The Morgan fingerprint density at radius 1 is 1.28 bits per heavy atom. The molecule has 25 heavy (non-hydrogen) atoms. The molecule has 2 atom stereocenters. The molecule has 2 saturated heterocycles. The topological polar surface area (TPSA) is 107 Å². The number of nitriles is 1. The molecule has 1 aromatic rings. The van der Waals surface area contributed by atoms with E-state index in [1.54, 1.807) is 12.1 Å². The number of amides is 1. The number of hydrogen-bond acceptors (Lipinski definition) is 5. The number of carboxylic acids is 1. The number of carboxylic acid groups (broad SMARTS) is 1. The molecular formula is C15H16F3N3O4. The van der Waals surface area contributed by atoms with Crippen molar-refractivity contribution >= 4 is 11.9 Å². The SMILES string of the molecule is N#Cc1ccc(C(=O)N2C[C@@H]3CNC[C@@H](C3)C2)o1.O=C(O)C(F)(F)F. The van der Waals surface area contributed by atoms with Crippen LogP contribution in [0, 0.1) is 23.2 Å². The van der Waals surface area contributed by atoms with Gasteiger partial charge in [-0.1, -0.05) is 0 Å². The molecule has 2 N–H and O–H groups in total. The van der Waals surface area contributed by atoms with Crippen LogP contribution in [0.15, 0.2) is 16.5 Å². The first-order valence-electron chi connectivity index (χ1n) is 7.50. The maximum Gasteiger partial charge on any atom is 0.490 e. The highest BCUT2D eigenvalue weighted by Crippen LogP contribution is 2.25. The molecule has 136 valence electrons. The molecule has 10 heteroatoms. The minimum atomic E-state index is -5.08. The smallest absolute Gasteiger partial charge is 0.475 e. The summed E-state index contributed by atoms with van der Waals surface area (Å²) in [4.78, 5) is 23.0. The van der Waals surface area contributed by atoms with Crippen LogP contribution in [-0.2, 0) is 4.79 Å². The third-order valence-corrected chi connectivity index (χ3v) is 3.95. The maximum absolute atomic E-state index is 12.3. The number of hydrogen-bond donors (Lipinski definition) is 2. The lowest BCUT2D eigenvalue weighted by Gasteiger charge is -2.41. The van der Waals surface area contributed by atoms with Gasteiger partial charge in [-0.3, -0.25) is 4.79 Å². The number of halogens is 3. The number of carbonyl (C=O) groups excluding carboxylic acids is 1. The van der Waals surface area contributed by atoms with Crippen molar-refractivity contribution in [1.82, 2.24) is 10.2 Å². The molecule has 1 aromatic heterocycles. The number of furan rings is 1. The minimum Gasteiger partial charge on any atom is -0.475 e. The Morgan fingerprint density at radius 2 is 1.84 bits per heavy atom. The molecule has 0 saturated carbocycles. The molecule has 2 fully saturated rings. The lowest BCUT2D eigenvalue weighted by molar-refractivity contribution is -0.192. The number of aliphatic carboxylic acids is 1. The van der Waals surface area contributed by atoms with Crippen molar-refractivity contribution in [3.63, 3.8) is 0 Å². The second kappa shape index (κ2) is 7.57. The quantitative estimate of drug-likeness (QED) is 0.786. The molecular weight excluding hydrogens is 343 g/mol. The number of likely N-dealkylation sites (tertiary alicyclic amines) is 1. The van der Waals surface area contributed by atoms with Crippen LogP contribution >= 0.6 is 0 Å². The summed E-state index contributed by atoms with van der Waals surface area (Å²) in [5, 5.41) is 19.2. The van der Waals surface area contributed by atoms with Crippen LogP contribution in [0.25, 0.3) is 0 Å². The van der Waals surface area contributed by atoms with Crippen LogP contribution < -0.4 is 5.32 Å². The first-order chi connectivity index (χ1) is 11.7. The predicted molar refractivity (Wildman–Crippen MR) is 77.5 cm³/mol. The first kappa shape index (κ1) is 18.8. The van der Waals surface area contributed by atoms with Gasteiger partial charge in [0, 0.05) is 13.1 Å². The van der Waals surface area contributed by atoms with Gasteiger partial charge in [0.2, 0.25) is 5.76 Å². The summed E-state index contributed by atoms with van der Waals surface area (Å²) < 4.78 is 36.9. The van der Waals surface area contributed by atoms with Crippen LogP contribution in [-0.4, -0.2) is 54.2 Å². The van der Waals surface area contributed by atoms with Gasteiger partial charge in [0.15, 0.2) is 5.76 Å². The second-order valence-electron chi connectivity index (χ2n) is 5.91. The Hall–Kier alpha value is -2.54. The molecule has 2 aliphatic rings. The van der Waals surface area contributed by atoms with E-state index < -0.39 is 12.1 Å². The Balaban J connectivity index is 0.000000277. The lowest BCUT2D eigenvalue weighted by Crippen LogP contribution is -2.52. The number of nitrogens with zero attached hydrogens (tertiary/aromatic N) is 2. The van der Waals surface area contributed by atoms with Gasteiger partial charge >= 0.3 is 12.1 Å². The van der Waals surface area contributed by atoms with Crippen LogP contribution in [0.1, 0.15) is 22.7 Å². The summed E-state index contributed by atoms with van der Waals surface area (Å²) in [5.74, 6) is -1.28. The average molecular weight is 359 g/mol. The zero-order chi connectivity index (χ0) is 18.6. The number of piperidine rings is 2. The van der Waals surface area contributed by atoms with Crippen molar-refractivity contribution in [2.75, 3.05) is 26.2 Å². The zero-order valence-corrected chi connectivity index (χ0v) is 13.0. The van der Waals surface area contributed by atoms with Crippen LogP contribution in [0.2, 0.25) is 0 Å². The maximum atomic E-state index is 12.3. The van der Waals surface area contributed by atoms with Gasteiger partial charge in [-0.05, 0) is 43.5 Å². The molecule has 2 aliphatic heterocycles. The van der Waals surface area contributed by atoms with Gasteiger partial charge in [-0.25, -0.2) is 4.79 Å². The summed E-state index contributed by atoms with van der Waals surface area (Å²) in [6.45, 7) is 3.54. The summed E-state index contributed by atoms with van der Waals surface area (Å²) in [5.41, 5.74) is 0. The average Bonchev–Trinajstić information content (AvgIpc) is 3.02. The molecule has 7 nitrogen and oxygen atoms in total. The molecule has 0 radical (unpaired) electrons. The largest absolute Gasteiger partial charge is 0.490 e. The third-order valence-electron chi connectivity index (χ3n) is 3.95. The number of alkyl halides is 3. The molecule has 3 rings (SSSR count). The van der Waals surface area contributed by atoms with Crippen molar-refractivity contribution in [2.24, 2.45) is 11.8 Å². The normalized spacial score (nSPS) is 22.4. The Kier molecular flexibility index (Phi) is 5.69. The first-order valence-corrected chi connectivity index (χ1v) is 7.50. The highest BCUT2D eigenvalue weighted by molar-refractivity contribution is 5.91. The zero-order valence-electron chi connectivity index (χ0n) is 13.0. The van der Waals surface area contributed by atoms with Crippen molar-refractivity contribution < 1.29 is 32.3 Å².